The Morgan fingerprint density at radius 1 is 1.09 bits per heavy atom. The van der Waals surface area contributed by atoms with E-state index in [0.29, 0.717) is 27.6 Å². The van der Waals surface area contributed by atoms with E-state index in [2.05, 4.69) is 4.98 Å². The molecule has 1 N–H and O–H groups in total. The number of halogens is 1. The quantitative estimate of drug-likeness (QED) is 0.340. The fourth-order valence-electron chi connectivity index (χ4n) is 3.81. The van der Waals surface area contributed by atoms with Crippen molar-refractivity contribution < 1.29 is 19.4 Å². The summed E-state index contributed by atoms with van der Waals surface area (Å²) in [5.74, 6) is -1.43. The highest BCUT2D eigenvalue weighted by atomic mass is 35.5. The number of carbonyl (C=O) groups is 2. The van der Waals surface area contributed by atoms with Gasteiger partial charge in [0.1, 0.15) is 11.5 Å². The number of hydrogen-bond acceptors (Lipinski definition) is 5. The Bertz CT molecular complexity index is 1210. The van der Waals surface area contributed by atoms with Crippen LogP contribution in [0.2, 0.25) is 5.02 Å². The largest absolute Gasteiger partial charge is 0.507 e. The lowest BCUT2D eigenvalue weighted by Crippen LogP contribution is -2.29. The number of hydrogen-bond donors (Lipinski definition) is 1. The Hall–Kier alpha value is -3.64. The fourth-order valence-corrected chi connectivity index (χ4v) is 4.01. The third-order valence-corrected chi connectivity index (χ3v) is 5.83. The number of benzene rings is 2. The zero-order valence-electron chi connectivity index (χ0n) is 17.6. The summed E-state index contributed by atoms with van der Waals surface area (Å²) < 4.78 is 5.23. The lowest BCUT2D eigenvalue weighted by molar-refractivity contribution is -0.132. The second-order valence-electron chi connectivity index (χ2n) is 7.32. The first-order chi connectivity index (χ1) is 15.5. The van der Waals surface area contributed by atoms with Gasteiger partial charge in [0.15, 0.2) is 0 Å². The van der Waals surface area contributed by atoms with Gasteiger partial charge in [0.2, 0.25) is 0 Å². The van der Waals surface area contributed by atoms with Crippen molar-refractivity contribution in [1.82, 2.24) is 4.98 Å². The van der Waals surface area contributed by atoms with Crippen molar-refractivity contribution in [2.45, 2.75) is 19.4 Å². The van der Waals surface area contributed by atoms with Crippen LogP contribution < -0.4 is 9.64 Å². The van der Waals surface area contributed by atoms with E-state index in [4.69, 9.17) is 16.3 Å². The number of ether oxygens (including phenoxy) is 1. The van der Waals surface area contributed by atoms with Gasteiger partial charge in [-0.2, -0.15) is 0 Å². The normalized spacial score (nSPS) is 17.6. The van der Waals surface area contributed by atoms with E-state index >= 15 is 0 Å². The summed E-state index contributed by atoms with van der Waals surface area (Å²) in [5.41, 5.74) is 2.65. The van der Waals surface area contributed by atoms with Crippen LogP contribution >= 0.6 is 11.6 Å². The van der Waals surface area contributed by atoms with Gasteiger partial charge in [-0.3, -0.25) is 19.5 Å². The predicted molar refractivity (Wildman–Crippen MR) is 123 cm³/mol. The highest BCUT2D eigenvalue weighted by molar-refractivity contribution is 6.51. The molecule has 7 heteroatoms. The van der Waals surface area contributed by atoms with Crippen molar-refractivity contribution in [3.8, 4) is 5.75 Å². The average molecular weight is 449 g/mol. The van der Waals surface area contributed by atoms with Crippen LogP contribution in [0, 0.1) is 0 Å². The second kappa shape index (κ2) is 8.85. The van der Waals surface area contributed by atoms with Crippen LogP contribution in [0.4, 0.5) is 5.69 Å². The van der Waals surface area contributed by atoms with Crippen molar-refractivity contribution in [2.75, 3.05) is 12.0 Å². The molecule has 1 saturated heterocycles. The van der Waals surface area contributed by atoms with Gasteiger partial charge in [-0.1, -0.05) is 30.7 Å². The van der Waals surface area contributed by atoms with E-state index in [-0.39, 0.29) is 11.3 Å². The molecule has 0 radical (unpaired) electrons. The monoisotopic (exact) mass is 448 g/mol. The molecule has 162 valence electrons. The van der Waals surface area contributed by atoms with E-state index in [9.17, 15) is 14.7 Å². The summed E-state index contributed by atoms with van der Waals surface area (Å²) in [5, 5.41) is 11.5. The van der Waals surface area contributed by atoms with E-state index in [1.54, 1.807) is 36.7 Å². The smallest absolute Gasteiger partial charge is 0.300 e. The zero-order valence-corrected chi connectivity index (χ0v) is 18.3. The van der Waals surface area contributed by atoms with Gasteiger partial charge < -0.3 is 9.84 Å². The van der Waals surface area contributed by atoms with Crippen LogP contribution in [-0.4, -0.2) is 28.9 Å². The molecule has 0 spiro atoms. The molecule has 1 unspecified atom stereocenters. The first-order valence-electron chi connectivity index (χ1n) is 10.1. The number of aliphatic hydroxyl groups excluding tert-OH is 1. The van der Waals surface area contributed by atoms with E-state index in [1.165, 1.54) is 18.1 Å². The van der Waals surface area contributed by atoms with E-state index in [1.807, 2.05) is 31.2 Å². The number of ketones is 1. The third-order valence-electron chi connectivity index (χ3n) is 5.51. The molecule has 1 aliphatic heterocycles. The molecular weight excluding hydrogens is 428 g/mol. The predicted octanol–water partition coefficient (Wildman–Crippen LogP) is 4.93. The number of aliphatic hydroxyl groups is 1. The summed E-state index contributed by atoms with van der Waals surface area (Å²) in [6, 6.07) is 14.8. The zero-order chi connectivity index (χ0) is 22.8. The van der Waals surface area contributed by atoms with Crippen LogP contribution in [0.25, 0.3) is 5.76 Å². The Kier molecular flexibility index (Phi) is 5.97. The number of pyridine rings is 1. The van der Waals surface area contributed by atoms with Gasteiger partial charge in [-0.25, -0.2) is 0 Å². The Balaban J connectivity index is 1.91. The van der Waals surface area contributed by atoms with Crippen LogP contribution in [0.5, 0.6) is 5.75 Å². The molecule has 1 fully saturated rings. The van der Waals surface area contributed by atoms with Gasteiger partial charge in [0, 0.05) is 23.6 Å². The Morgan fingerprint density at radius 3 is 2.41 bits per heavy atom. The first kappa shape index (κ1) is 21.6. The van der Waals surface area contributed by atoms with Crippen molar-refractivity contribution in [1.29, 1.82) is 0 Å². The SMILES string of the molecule is CCc1ccc(N2C(=O)C(=O)/C(=C(\O)c3ccc(Cl)c(OC)c3)C2c2ccncc2)cc1. The molecule has 1 amide bonds. The van der Waals surface area contributed by atoms with Gasteiger partial charge in [-0.05, 0) is 60.0 Å². The van der Waals surface area contributed by atoms with Crippen molar-refractivity contribution in [2.24, 2.45) is 0 Å². The number of carbonyl (C=O) groups excluding carboxylic acids is 2. The third kappa shape index (κ3) is 3.74. The number of amides is 1. The highest BCUT2D eigenvalue weighted by Gasteiger charge is 2.47. The van der Waals surface area contributed by atoms with E-state index < -0.39 is 17.7 Å². The van der Waals surface area contributed by atoms with Crippen LogP contribution in [0.1, 0.15) is 29.7 Å². The van der Waals surface area contributed by atoms with Crippen molar-refractivity contribution in [3.05, 3.63) is 94.3 Å². The van der Waals surface area contributed by atoms with Crippen LogP contribution in [0.15, 0.2) is 72.6 Å². The summed E-state index contributed by atoms with van der Waals surface area (Å²) in [6.07, 6.45) is 4.02. The molecule has 1 aromatic heterocycles. The second-order valence-corrected chi connectivity index (χ2v) is 7.73. The van der Waals surface area contributed by atoms with Gasteiger partial charge in [0.05, 0.1) is 23.7 Å². The highest BCUT2D eigenvalue weighted by Crippen LogP contribution is 2.42. The van der Waals surface area contributed by atoms with Crippen LogP contribution in [-0.2, 0) is 16.0 Å². The molecule has 32 heavy (non-hydrogen) atoms. The number of methoxy groups -OCH3 is 1. The minimum Gasteiger partial charge on any atom is -0.507 e. The van der Waals surface area contributed by atoms with E-state index in [0.717, 1.165) is 12.0 Å². The average Bonchev–Trinajstić information content (AvgIpc) is 3.10. The molecule has 1 aliphatic rings. The van der Waals surface area contributed by atoms with Crippen molar-refractivity contribution in [3.63, 3.8) is 0 Å². The number of nitrogens with zero attached hydrogens (tertiary/aromatic N) is 2. The fraction of sp³-hybridized carbons (Fsp3) is 0.160. The molecule has 2 heterocycles. The Morgan fingerprint density at radius 2 is 1.78 bits per heavy atom. The first-order valence-corrected chi connectivity index (χ1v) is 10.5. The topological polar surface area (TPSA) is 79.7 Å². The van der Waals surface area contributed by atoms with Crippen LogP contribution in [0.3, 0.4) is 0 Å². The molecule has 1 atom stereocenters. The number of Topliss-reactive ketones (excluding diaryl/α,β-unsaturated/α-hetero) is 1. The summed E-state index contributed by atoms with van der Waals surface area (Å²) in [4.78, 5) is 31.7. The molecule has 0 bridgehead atoms. The summed E-state index contributed by atoms with van der Waals surface area (Å²) in [7, 11) is 1.46. The maximum Gasteiger partial charge on any atom is 0.300 e. The number of aromatic nitrogens is 1. The minimum atomic E-state index is -0.813. The summed E-state index contributed by atoms with van der Waals surface area (Å²) in [6.45, 7) is 2.04. The lowest BCUT2D eigenvalue weighted by atomic mass is 9.95. The number of rotatable bonds is 5. The molecule has 2 aromatic carbocycles. The standard InChI is InChI=1S/C25H21ClN2O4/c1-3-15-4-7-18(8-5-15)28-22(16-10-12-27-13-11-16)21(24(30)25(28)31)23(29)17-6-9-19(26)20(14-17)32-2/h4-14,22,29H,3H2,1-2H3/b23-21-. The minimum absolute atomic E-state index is 0.00913. The van der Waals surface area contributed by atoms with Crippen molar-refractivity contribution >= 4 is 34.7 Å². The number of aryl methyl sites for hydroxylation is 1. The Labute approximate surface area is 190 Å². The van der Waals surface area contributed by atoms with Gasteiger partial charge in [0.25, 0.3) is 11.7 Å². The molecule has 0 aliphatic carbocycles. The molecule has 0 saturated carbocycles. The molecule has 4 rings (SSSR count). The number of anilines is 1. The summed E-state index contributed by atoms with van der Waals surface area (Å²) >= 11 is 6.11. The maximum atomic E-state index is 13.2. The van der Waals surface area contributed by atoms with Gasteiger partial charge in [-0.15, -0.1) is 0 Å². The molecule has 6 nitrogen and oxygen atoms in total. The molecular formula is C25H21ClN2O4. The maximum absolute atomic E-state index is 13.2. The van der Waals surface area contributed by atoms with Gasteiger partial charge >= 0.3 is 0 Å². The molecule has 3 aromatic rings. The lowest BCUT2D eigenvalue weighted by Gasteiger charge is -2.25.